The van der Waals surface area contributed by atoms with E-state index in [-0.39, 0.29) is 23.4 Å². The number of piperidine rings is 1. The van der Waals surface area contributed by atoms with Crippen LogP contribution in [0.25, 0.3) is 33.1 Å². The molecule has 0 saturated carbocycles. The summed E-state index contributed by atoms with van der Waals surface area (Å²) in [7, 11) is 0. The van der Waals surface area contributed by atoms with Crippen LogP contribution in [-0.2, 0) is 11.3 Å². The van der Waals surface area contributed by atoms with Crippen molar-refractivity contribution in [3.63, 3.8) is 0 Å². The maximum atomic E-state index is 13.1. The van der Waals surface area contributed by atoms with Crippen LogP contribution in [0.1, 0.15) is 24.4 Å². The molecule has 0 radical (unpaired) electrons. The van der Waals surface area contributed by atoms with Gasteiger partial charge in [-0.05, 0) is 48.7 Å². The minimum Gasteiger partial charge on any atom is -0.342 e. The zero-order chi connectivity index (χ0) is 27.9. The predicted octanol–water partition coefficient (Wildman–Crippen LogP) is 5.28. The normalized spacial score (nSPS) is 14.4. The van der Waals surface area contributed by atoms with E-state index in [0.29, 0.717) is 29.8 Å². The van der Waals surface area contributed by atoms with Gasteiger partial charge in [0.1, 0.15) is 5.52 Å². The van der Waals surface area contributed by atoms with Crippen LogP contribution < -0.4 is 5.69 Å². The SMILES string of the molecule is O=C(CSc1nnc2c3ccccc3n(Cc3cccc(Cl)c3)c2n1)N1CCC(n2c(=O)[nH]c3ccccc32)CC1. The molecule has 0 aliphatic carbocycles. The smallest absolute Gasteiger partial charge is 0.326 e. The molecule has 3 aromatic heterocycles. The molecule has 7 rings (SSSR count). The number of halogens is 1. The lowest BCUT2D eigenvalue weighted by Gasteiger charge is -2.32. The Morgan fingerprint density at radius 1 is 0.976 bits per heavy atom. The number of thioether (sulfide) groups is 1. The van der Waals surface area contributed by atoms with Crippen molar-refractivity contribution in [1.29, 1.82) is 0 Å². The molecule has 0 spiro atoms. The number of likely N-dealkylation sites (tertiary alicyclic amines) is 1. The number of carbonyl (C=O) groups is 1. The third-order valence-electron chi connectivity index (χ3n) is 7.72. The molecule has 9 nitrogen and oxygen atoms in total. The quantitative estimate of drug-likeness (QED) is 0.268. The molecule has 4 heterocycles. The molecule has 0 unspecified atom stereocenters. The van der Waals surface area contributed by atoms with Crippen molar-refractivity contribution in [3.05, 3.63) is 93.9 Å². The highest BCUT2D eigenvalue weighted by Gasteiger charge is 2.26. The maximum Gasteiger partial charge on any atom is 0.326 e. The number of nitrogens with one attached hydrogen (secondary N) is 1. The Kier molecular flexibility index (Phi) is 6.72. The number of nitrogens with zero attached hydrogens (tertiary/aromatic N) is 6. The summed E-state index contributed by atoms with van der Waals surface area (Å²) < 4.78 is 3.96. The van der Waals surface area contributed by atoms with Gasteiger partial charge in [0, 0.05) is 36.1 Å². The molecule has 1 aliphatic rings. The molecule has 0 bridgehead atoms. The summed E-state index contributed by atoms with van der Waals surface area (Å²) in [5.41, 5.74) is 5.17. The van der Waals surface area contributed by atoms with E-state index in [2.05, 4.69) is 19.7 Å². The summed E-state index contributed by atoms with van der Waals surface area (Å²) in [6.07, 6.45) is 1.46. The lowest BCUT2D eigenvalue weighted by Crippen LogP contribution is -2.41. The first-order valence-corrected chi connectivity index (χ1v) is 14.9. The molecular weight excluding hydrogens is 558 g/mol. The van der Waals surface area contributed by atoms with E-state index in [1.807, 2.05) is 82.3 Å². The Balaban J connectivity index is 1.06. The largest absolute Gasteiger partial charge is 0.342 e. The number of rotatable bonds is 6. The van der Waals surface area contributed by atoms with Crippen LogP contribution in [-0.4, -0.2) is 58.9 Å². The number of aromatic nitrogens is 6. The zero-order valence-electron chi connectivity index (χ0n) is 22.0. The van der Waals surface area contributed by atoms with Crippen molar-refractivity contribution < 1.29 is 4.79 Å². The number of para-hydroxylation sites is 3. The average Bonchev–Trinajstić information content (AvgIpc) is 3.49. The molecule has 6 aromatic rings. The van der Waals surface area contributed by atoms with Crippen molar-refractivity contribution >= 4 is 62.4 Å². The van der Waals surface area contributed by atoms with Gasteiger partial charge in [0.25, 0.3) is 0 Å². The fourth-order valence-electron chi connectivity index (χ4n) is 5.76. The Morgan fingerprint density at radius 2 is 1.76 bits per heavy atom. The fourth-order valence-corrected chi connectivity index (χ4v) is 6.65. The lowest BCUT2D eigenvalue weighted by molar-refractivity contribution is -0.129. The number of amides is 1. The van der Waals surface area contributed by atoms with E-state index in [4.69, 9.17) is 16.6 Å². The second kappa shape index (κ2) is 10.7. The summed E-state index contributed by atoms with van der Waals surface area (Å²) in [6.45, 7) is 1.78. The van der Waals surface area contributed by atoms with Gasteiger partial charge in [0.05, 0.1) is 22.3 Å². The first-order chi connectivity index (χ1) is 20.0. The summed E-state index contributed by atoms with van der Waals surface area (Å²) >= 11 is 7.54. The Morgan fingerprint density at radius 3 is 2.59 bits per heavy atom. The van der Waals surface area contributed by atoms with Crippen molar-refractivity contribution in [2.45, 2.75) is 30.6 Å². The van der Waals surface area contributed by atoms with Gasteiger partial charge in [-0.2, -0.15) is 0 Å². The number of aromatic amines is 1. The summed E-state index contributed by atoms with van der Waals surface area (Å²) in [4.78, 5) is 35.4. The van der Waals surface area contributed by atoms with Crippen LogP contribution in [0.15, 0.2) is 82.7 Å². The van der Waals surface area contributed by atoms with E-state index in [1.54, 1.807) is 0 Å². The molecule has 1 fully saturated rings. The number of imidazole rings is 1. The van der Waals surface area contributed by atoms with Gasteiger partial charge in [0.15, 0.2) is 5.65 Å². The number of H-pyrrole nitrogens is 1. The molecule has 41 heavy (non-hydrogen) atoms. The van der Waals surface area contributed by atoms with Crippen molar-refractivity contribution in [3.8, 4) is 0 Å². The standard InChI is InChI=1S/C30H26ClN7O2S/c31-20-7-5-6-19(16-20)17-37-24-10-3-1-8-22(24)27-28(37)33-29(35-34-27)41-18-26(39)36-14-12-21(13-15-36)38-25-11-4-2-9-23(25)32-30(38)40/h1-11,16,21H,12-15,17-18H2,(H,32,40). The highest BCUT2D eigenvalue weighted by Crippen LogP contribution is 2.29. The van der Waals surface area contributed by atoms with Gasteiger partial charge in [-0.15, -0.1) is 10.2 Å². The number of hydrogen-bond donors (Lipinski definition) is 1. The molecule has 1 aliphatic heterocycles. The van der Waals surface area contributed by atoms with Crippen LogP contribution in [0.3, 0.4) is 0 Å². The minimum absolute atomic E-state index is 0.0305. The number of hydrogen-bond acceptors (Lipinski definition) is 6. The first kappa shape index (κ1) is 25.8. The van der Waals surface area contributed by atoms with Crippen LogP contribution in [0.4, 0.5) is 0 Å². The van der Waals surface area contributed by atoms with Gasteiger partial charge >= 0.3 is 5.69 Å². The van der Waals surface area contributed by atoms with E-state index in [0.717, 1.165) is 51.5 Å². The summed E-state index contributed by atoms with van der Waals surface area (Å²) in [5, 5.41) is 11.0. The maximum absolute atomic E-state index is 13.1. The van der Waals surface area contributed by atoms with E-state index in [9.17, 15) is 9.59 Å². The van der Waals surface area contributed by atoms with Crippen LogP contribution >= 0.6 is 23.4 Å². The van der Waals surface area contributed by atoms with Gasteiger partial charge in [-0.3, -0.25) is 9.36 Å². The zero-order valence-corrected chi connectivity index (χ0v) is 23.6. The number of benzene rings is 3. The molecule has 1 saturated heterocycles. The Bertz CT molecular complexity index is 1970. The highest BCUT2D eigenvalue weighted by atomic mass is 35.5. The molecular formula is C30H26ClN7O2S. The van der Waals surface area contributed by atoms with Crippen molar-refractivity contribution in [1.82, 2.24) is 34.2 Å². The third-order valence-corrected chi connectivity index (χ3v) is 8.77. The van der Waals surface area contributed by atoms with Gasteiger partial charge < -0.3 is 14.5 Å². The summed E-state index contributed by atoms with van der Waals surface area (Å²) in [5.74, 6) is 0.252. The Hall–Kier alpha value is -4.15. The molecule has 11 heteroatoms. The molecule has 3 aromatic carbocycles. The van der Waals surface area contributed by atoms with Crippen LogP contribution in [0.2, 0.25) is 5.02 Å². The molecule has 0 atom stereocenters. The minimum atomic E-state index is -0.0978. The fraction of sp³-hybridized carbons (Fsp3) is 0.233. The monoisotopic (exact) mass is 583 g/mol. The highest BCUT2D eigenvalue weighted by molar-refractivity contribution is 7.99. The number of carbonyl (C=O) groups excluding carboxylic acids is 1. The van der Waals surface area contributed by atoms with Crippen LogP contribution in [0, 0.1) is 0 Å². The molecule has 1 N–H and O–H groups in total. The number of fused-ring (bicyclic) bond motifs is 4. The topological polar surface area (TPSA) is 102 Å². The van der Waals surface area contributed by atoms with Crippen LogP contribution in [0.5, 0.6) is 0 Å². The van der Waals surface area contributed by atoms with Gasteiger partial charge in [0.2, 0.25) is 11.1 Å². The first-order valence-electron chi connectivity index (χ1n) is 13.5. The summed E-state index contributed by atoms with van der Waals surface area (Å²) in [6, 6.07) is 23.6. The van der Waals surface area contributed by atoms with Gasteiger partial charge in [-0.1, -0.05) is 65.8 Å². The third kappa shape index (κ3) is 4.87. The molecule has 206 valence electrons. The second-order valence-corrected chi connectivity index (χ2v) is 11.6. The van der Waals surface area contributed by atoms with E-state index < -0.39 is 0 Å². The predicted molar refractivity (Wildman–Crippen MR) is 162 cm³/mol. The van der Waals surface area contributed by atoms with E-state index >= 15 is 0 Å². The van der Waals surface area contributed by atoms with Crippen molar-refractivity contribution in [2.75, 3.05) is 18.8 Å². The Labute approximate surface area is 244 Å². The second-order valence-electron chi connectivity index (χ2n) is 10.2. The average molecular weight is 584 g/mol. The van der Waals surface area contributed by atoms with Crippen molar-refractivity contribution in [2.24, 2.45) is 0 Å². The lowest BCUT2D eigenvalue weighted by atomic mass is 10.0. The van der Waals surface area contributed by atoms with Gasteiger partial charge in [-0.25, -0.2) is 9.78 Å². The van der Waals surface area contributed by atoms with E-state index in [1.165, 1.54) is 11.8 Å². The molecule has 1 amide bonds.